The summed E-state index contributed by atoms with van der Waals surface area (Å²) in [5, 5.41) is 0. The Morgan fingerprint density at radius 3 is 2.11 bits per heavy atom. The van der Waals surface area contributed by atoms with E-state index < -0.39 is 7.80 Å². The molecule has 1 saturated carbocycles. The first-order valence-corrected chi connectivity index (χ1v) is 5.79. The fourth-order valence-corrected chi connectivity index (χ4v) is 2.73. The van der Waals surface area contributed by atoms with Crippen LogP contribution in [0, 0.1) is 0 Å². The smallest absolute Gasteiger partial charge is 0.0762 e. The molecule has 1 unspecified atom stereocenters. The molecule has 1 nitrogen and oxygen atoms in total. The molecule has 0 spiro atoms. The summed E-state index contributed by atoms with van der Waals surface area (Å²) >= 11 is 0. The third-order valence-electron chi connectivity index (χ3n) is 2.18. The van der Waals surface area contributed by atoms with Crippen molar-refractivity contribution in [2.75, 3.05) is 6.66 Å². The van der Waals surface area contributed by atoms with Gasteiger partial charge in [-0.3, -0.25) is 0 Å². The van der Waals surface area contributed by atoms with Crippen LogP contribution < -0.4 is 0 Å². The highest BCUT2D eigenvalue weighted by Crippen LogP contribution is 2.34. The Morgan fingerprint density at radius 2 is 1.78 bits per heavy atom. The molecule has 0 amide bonds. The van der Waals surface area contributed by atoms with E-state index in [9.17, 15) is 4.57 Å². The fraction of sp³-hybridized carbons (Fsp3) is 1.00. The minimum atomic E-state index is -1.19. The average molecular weight is 146 g/mol. The summed E-state index contributed by atoms with van der Waals surface area (Å²) in [7, 11) is -1.19. The number of rotatable bonds is 1. The van der Waals surface area contributed by atoms with Crippen LogP contribution in [0.1, 0.15) is 32.1 Å². The molecule has 0 aliphatic heterocycles. The van der Waals surface area contributed by atoms with Crippen LogP contribution in [-0.2, 0) is 4.57 Å². The van der Waals surface area contributed by atoms with Gasteiger partial charge in [0.25, 0.3) is 0 Å². The van der Waals surface area contributed by atoms with E-state index in [1.807, 2.05) is 6.66 Å². The molecule has 9 heavy (non-hydrogen) atoms. The summed E-state index contributed by atoms with van der Waals surface area (Å²) in [5.41, 5.74) is 0.601. The van der Waals surface area contributed by atoms with Gasteiger partial charge in [0, 0.05) is 5.66 Å². The maximum atomic E-state index is 11.0. The van der Waals surface area contributed by atoms with Gasteiger partial charge >= 0.3 is 0 Å². The van der Waals surface area contributed by atoms with E-state index in [-0.39, 0.29) is 0 Å². The van der Waals surface area contributed by atoms with Gasteiger partial charge in [0.05, 0.1) is 7.80 Å². The Morgan fingerprint density at radius 1 is 1.22 bits per heavy atom. The number of hydrogen-bond donors (Lipinski definition) is 0. The van der Waals surface area contributed by atoms with Crippen LogP contribution in [0.15, 0.2) is 0 Å². The molecule has 0 saturated heterocycles. The van der Waals surface area contributed by atoms with Crippen LogP contribution in [0.3, 0.4) is 0 Å². The van der Waals surface area contributed by atoms with E-state index in [0.717, 1.165) is 0 Å². The summed E-state index contributed by atoms with van der Waals surface area (Å²) in [6.07, 6.45) is 6.46. The molecule has 1 fully saturated rings. The third-order valence-corrected chi connectivity index (χ3v) is 3.91. The Hall–Kier alpha value is 0.230. The molecule has 54 valence electrons. The number of hydrogen-bond acceptors (Lipinski definition) is 1. The molecule has 0 N–H and O–H groups in total. The van der Waals surface area contributed by atoms with Gasteiger partial charge in [0.15, 0.2) is 0 Å². The van der Waals surface area contributed by atoms with Crippen LogP contribution in [0.2, 0.25) is 0 Å². The van der Waals surface area contributed by atoms with Crippen molar-refractivity contribution in [2.45, 2.75) is 37.8 Å². The molecule has 0 aromatic heterocycles. The predicted octanol–water partition coefficient (Wildman–Crippen LogP) is 2.51. The van der Waals surface area contributed by atoms with Crippen molar-refractivity contribution in [1.29, 1.82) is 0 Å². The summed E-state index contributed by atoms with van der Waals surface area (Å²) in [6.45, 7) is 1.90. The Balaban J connectivity index is 2.31. The second-order valence-corrected chi connectivity index (χ2v) is 4.98. The van der Waals surface area contributed by atoms with E-state index in [1.54, 1.807) is 0 Å². The van der Waals surface area contributed by atoms with Crippen molar-refractivity contribution in [3.8, 4) is 0 Å². The Kier molecular flexibility index (Phi) is 2.78. The van der Waals surface area contributed by atoms with E-state index in [0.29, 0.717) is 5.66 Å². The first-order chi connectivity index (χ1) is 4.30. The van der Waals surface area contributed by atoms with Gasteiger partial charge in [-0.15, -0.1) is 0 Å². The second kappa shape index (κ2) is 3.41. The monoisotopic (exact) mass is 146 g/mol. The molecule has 0 aromatic rings. The molecule has 0 bridgehead atoms. The zero-order chi connectivity index (χ0) is 6.69. The van der Waals surface area contributed by atoms with E-state index >= 15 is 0 Å². The van der Waals surface area contributed by atoms with Gasteiger partial charge in [-0.05, 0) is 19.5 Å². The predicted molar refractivity (Wildman–Crippen MR) is 41.8 cm³/mol. The fourth-order valence-electron chi connectivity index (χ4n) is 1.51. The van der Waals surface area contributed by atoms with Crippen LogP contribution in [0.4, 0.5) is 0 Å². The first kappa shape index (κ1) is 7.34. The van der Waals surface area contributed by atoms with E-state index in [1.165, 1.54) is 32.1 Å². The minimum absolute atomic E-state index is 0.601. The molecule has 0 radical (unpaired) electrons. The topological polar surface area (TPSA) is 17.1 Å². The minimum Gasteiger partial charge on any atom is -0.327 e. The molecule has 1 rings (SSSR count). The zero-order valence-corrected chi connectivity index (χ0v) is 7.02. The second-order valence-electron chi connectivity index (χ2n) is 2.95. The maximum Gasteiger partial charge on any atom is 0.0762 e. The lowest BCUT2D eigenvalue weighted by atomic mass is 10.0. The summed E-state index contributed by atoms with van der Waals surface area (Å²) in [5.74, 6) is 0. The standard InChI is InChI=1S/C7H15OP/c1-9(8)7-5-3-2-4-6-7/h7,9H,2-6H2,1H3. The van der Waals surface area contributed by atoms with Gasteiger partial charge in [-0.25, -0.2) is 0 Å². The van der Waals surface area contributed by atoms with E-state index in [2.05, 4.69) is 0 Å². The van der Waals surface area contributed by atoms with Gasteiger partial charge in [-0.2, -0.15) is 0 Å². The highest BCUT2D eigenvalue weighted by molar-refractivity contribution is 7.44. The summed E-state index contributed by atoms with van der Waals surface area (Å²) in [4.78, 5) is 0. The highest BCUT2D eigenvalue weighted by atomic mass is 31.1. The maximum absolute atomic E-state index is 11.0. The summed E-state index contributed by atoms with van der Waals surface area (Å²) < 4.78 is 11.0. The van der Waals surface area contributed by atoms with Crippen LogP contribution >= 0.6 is 7.80 Å². The first-order valence-electron chi connectivity index (χ1n) is 3.81. The molecule has 0 aromatic carbocycles. The molecule has 2 heteroatoms. The Bertz CT molecular complexity index is 105. The molecular weight excluding hydrogens is 131 g/mol. The lowest BCUT2D eigenvalue weighted by molar-refractivity contribution is 0.493. The Labute approximate surface area is 57.6 Å². The largest absolute Gasteiger partial charge is 0.327 e. The molecule has 1 atom stereocenters. The van der Waals surface area contributed by atoms with Crippen molar-refractivity contribution in [3.05, 3.63) is 0 Å². The molecule has 0 heterocycles. The van der Waals surface area contributed by atoms with Gasteiger partial charge < -0.3 is 4.57 Å². The zero-order valence-electron chi connectivity index (χ0n) is 6.02. The highest BCUT2D eigenvalue weighted by Gasteiger charge is 2.15. The van der Waals surface area contributed by atoms with Crippen LogP contribution in [0.25, 0.3) is 0 Å². The van der Waals surface area contributed by atoms with Gasteiger partial charge in [0.2, 0.25) is 0 Å². The SMILES string of the molecule is C[PH](=O)C1CCCCC1. The van der Waals surface area contributed by atoms with Crippen molar-refractivity contribution in [3.63, 3.8) is 0 Å². The lowest BCUT2D eigenvalue weighted by Gasteiger charge is -2.18. The van der Waals surface area contributed by atoms with Crippen LogP contribution in [-0.4, -0.2) is 12.3 Å². The average Bonchev–Trinajstić information content (AvgIpc) is 1.90. The normalized spacial score (nSPS) is 25.9. The van der Waals surface area contributed by atoms with Gasteiger partial charge in [0.1, 0.15) is 0 Å². The van der Waals surface area contributed by atoms with Crippen molar-refractivity contribution < 1.29 is 4.57 Å². The van der Waals surface area contributed by atoms with Crippen molar-refractivity contribution in [2.24, 2.45) is 0 Å². The molecule has 1 aliphatic carbocycles. The molecule has 1 aliphatic rings. The lowest BCUT2D eigenvalue weighted by Crippen LogP contribution is -2.06. The van der Waals surface area contributed by atoms with Crippen molar-refractivity contribution >= 4 is 7.80 Å². The van der Waals surface area contributed by atoms with Crippen molar-refractivity contribution in [1.82, 2.24) is 0 Å². The van der Waals surface area contributed by atoms with Gasteiger partial charge in [-0.1, -0.05) is 19.3 Å². The summed E-state index contributed by atoms with van der Waals surface area (Å²) in [6, 6.07) is 0. The third kappa shape index (κ3) is 2.14. The quantitative estimate of drug-likeness (QED) is 0.519. The molecular formula is C7H15OP. The van der Waals surface area contributed by atoms with Crippen LogP contribution in [0.5, 0.6) is 0 Å². The van der Waals surface area contributed by atoms with E-state index in [4.69, 9.17) is 0 Å².